The van der Waals surface area contributed by atoms with Gasteiger partial charge in [-0.25, -0.2) is 28.8 Å². The van der Waals surface area contributed by atoms with Crippen molar-refractivity contribution in [3.63, 3.8) is 0 Å². The minimum absolute atomic E-state index is 0.101. The summed E-state index contributed by atoms with van der Waals surface area (Å²) in [6.45, 7) is 31.0. The zero-order valence-corrected chi connectivity index (χ0v) is 55.4. The number of carbonyl (C=O) groups is 10. The SMILES string of the molecule is CC(=O)OC[C@H]1O[C@H](O[C@@H]2[C@@H](O)[C@H](O[C@H]3O[C@H](CNC(=O)OC(C)(C)C)CC[C@H]3NC(=O)OC(C)(C)C)[C@@H](NC(=O)OC(C)(C)C)C[C@H]2NC(=O)[C@H](CCNC(=O)OC(C)(C)C)OC(C)=O)[C@H](NC(=O)OC(C)(C)C)[C@@H](NC(=O)OC(C)(C)C)[C@@H]1OC(C)=O. The number of hydrogen-bond acceptors (Lipinski definition) is 24. The molecule has 31 nitrogen and oxygen atoms in total. The lowest BCUT2D eigenvalue weighted by molar-refractivity contribution is -0.300. The zero-order valence-electron chi connectivity index (χ0n) is 55.4. The summed E-state index contributed by atoms with van der Waals surface area (Å²) >= 11 is 0. The number of aliphatic hydroxyl groups is 1. The highest BCUT2D eigenvalue weighted by Gasteiger charge is 2.56. The Morgan fingerprint density at radius 1 is 0.472 bits per heavy atom. The molecule has 3 aliphatic rings. The van der Waals surface area contributed by atoms with Crippen molar-refractivity contribution in [2.75, 3.05) is 19.7 Å². The molecule has 0 spiro atoms. The maximum Gasteiger partial charge on any atom is 0.408 e. The molecule has 7 amide bonds. The van der Waals surface area contributed by atoms with E-state index in [9.17, 15) is 53.1 Å². The molecule has 31 heteroatoms. The van der Waals surface area contributed by atoms with Crippen molar-refractivity contribution in [2.24, 2.45) is 0 Å². The number of nitrogens with one attached hydrogen (secondary N) is 7. The monoisotopic (exact) mass is 1280 g/mol. The summed E-state index contributed by atoms with van der Waals surface area (Å²) < 4.78 is 76.5. The summed E-state index contributed by atoms with van der Waals surface area (Å²) in [5.41, 5.74) is -6.19. The molecule has 3 rings (SSSR count). The van der Waals surface area contributed by atoms with Crippen LogP contribution in [0, 0.1) is 0 Å². The summed E-state index contributed by atoms with van der Waals surface area (Å²) in [6, 6.07) is -7.53. The van der Waals surface area contributed by atoms with E-state index in [-0.39, 0.29) is 32.4 Å². The van der Waals surface area contributed by atoms with Crippen LogP contribution < -0.4 is 37.2 Å². The fourth-order valence-electron chi connectivity index (χ4n) is 9.13. The summed E-state index contributed by atoms with van der Waals surface area (Å²) in [7, 11) is 0. The minimum Gasteiger partial charge on any atom is -0.463 e. The third-order valence-electron chi connectivity index (χ3n) is 12.1. The molecule has 2 saturated heterocycles. The van der Waals surface area contributed by atoms with Crippen molar-refractivity contribution in [1.82, 2.24) is 37.2 Å². The van der Waals surface area contributed by atoms with E-state index in [1.165, 1.54) is 0 Å². The Morgan fingerprint density at radius 2 is 0.899 bits per heavy atom. The quantitative estimate of drug-likeness (QED) is 0.0643. The van der Waals surface area contributed by atoms with Gasteiger partial charge in [-0.2, -0.15) is 0 Å². The second-order valence-corrected chi connectivity index (χ2v) is 27.7. The molecule has 0 radical (unpaired) electrons. The lowest BCUT2D eigenvalue weighted by Gasteiger charge is -2.50. The van der Waals surface area contributed by atoms with E-state index in [0.29, 0.717) is 0 Å². The fourth-order valence-corrected chi connectivity index (χ4v) is 9.13. The normalized spacial score (nSPS) is 26.2. The molecular formula is C58H99N7O24. The summed E-state index contributed by atoms with van der Waals surface area (Å²) in [5, 5.41) is 31.9. The van der Waals surface area contributed by atoms with Gasteiger partial charge in [-0.3, -0.25) is 19.2 Å². The fraction of sp³-hybridized carbons (Fsp3) is 0.828. The lowest BCUT2D eigenvalue weighted by atomic mass is 9.82. The van der Waals surface area contributed by atoms with E-state index >= 15 is 0 Å². The molecule has 1 aliphatic carbocycles. The molecule has 0 unspecified atom stereocenters. The van der Waals surface area contributed by atoms with Crippen LogP contribution in [0.1, 0.15) is 171 Å². The standard InChI is InChI=1S/C58H99N7O24/c1-29(66)77-28-37-43(79-31(3)68)38(64-51(75)88-57(16,17)18)39(65-52(76)89-58(19,20)21)46(81-37)83-41-34(61-44(70)36(78-30(2)67)24-25-59-47(71)84-53(4,5)6)26-35(63-50(74)87-56(13,14)15)42(40(41)69)82-45-33(62-49(73)86-55(10,11)12)23-22-32(80-45)27-60-48(72)85-54(7,8)9/h32-43,45-46,69H,22-28H2,1-21H3,(H,59,71)(H,60,72)(H,61,70)(H,62,73)(H,63,74)(H,64,75)(H,65,76)/t32-,33+,34+,35-,36-,37+,38+,39+,40+,41-,42+,43+,45+,46+/m0/s1. The van der Waals surface area contributed by atoms with Gasteiger partial charge in [0.05, 0.1) is 30.3 Å². The minimum atomic E-state index is -2.14. The van der Waals surface area contributed by atoms with Gasteiger partial charge in [0.25, 0.3) is 5.91 Å². The molecule has 1 saturated carbocycles. The number of hydrogen-bond donors (Lipinski definition) is 8. The van der Waals surface area contributed by atoms with E-state index in [2.05, 4.69) is 37.2 Å². The second-order valence-electron chi connectivity index (χ2n) is 27.7. The Morgan fingerprint density at radius 3 is 1.36 bits per heavy atom. The van der Waals surface area contributed by atoms with Crippen LogP contribution in [0.15, 0.2) is 0 Å². The number of rotatable bonds is 19. The van der Waals surface area contributed by atoms with E-state index < -0.39 is 193 Å². The lowest BCUT2D eigenvalue weighted by Crippen LogP contribution is -2.73. The molecule has 89 heavy (non-hydrogen) atoms. The highest BCUT2D eigenvalue weighted by molar-refractivity contribution is 5.84. The molecular weight excluding hydrogens is 1180 g/mol. The van der Waals surface area contributed by atoms with Crippen LogP contribution in [-0.2, 0) is 80.8 Å². The Balaban J connectivity index is 2.43. The predicted octanol–water partition coefficient (Wildman–Crippen LogP) is 4.68. The Hall–Kier alpha value is -6.70. The molecule has 0 aromatic carbocycles. The van der Waals surface area contributed by atoms with Gasteiger partial charge in [0.2, 0.25) is 0 Å². The van der Waals surface area contributed by atoms with Gasteiger partial charge in [0.1, 0.15) is 70.7 Å². The summed E-state index contributed by atoms with van der Waals surface area (Å²) in [4.78, 5) is 134. The highest BCUT2D eigenvalue weighted by atomic mass is 16.7. The Labute approximate surface area is 520 Å². The van der Waals surface area contributed by atoms with Crippen molar-refractivity contribution in [2.45, 2.75) is 290 Å². The van der Waals surface area contributed by atoms with Crippen LogP contribution >= 0.6 is 0 Å². The highest BCUT2D eigenvalue weighted by Crippen LogP contribution is 2.35. The third-order valence-corrected chi connectivity index (χ3v) is 12.1. The first-order chi connectivity index (χ1) is 40.6. The zero-order chi connectivity index (χ0) is 67.9. The summed E-state index contributed by atoms with van der Waals surface area (Å²) in [5.74, 6) is -3.72. The van der Waals surface area contributed by atoms with Crippen molar-refractivity contribution >= 4 is 60.4 Å². The van der Waals surface area contributed by atoms with E-state index in [0.717, 1.165) is 20.8 Å². The Kier molecular flexibility index (Phi) is 27.4. The Bertz CT molecular complexity index is 2440. The van der Waals surface area contributed by atoms with Crippen molar-refractivity contribution in [3.8, 4) is 0 Å². The van der Waals surface area contributed by atoms with Gasteiger partial charge in [0, 0.05) is 40.3 Å². The van der Waals surface area contributed by atoms with Crippen LogP contribution in [0.25, 0.3) is 0 Å². The number of aliphatic hydroxyl groups excluding tert-OH is 1. The second kappa shape index (κ2) is 31.8. The van der Waals surface area contributed by atoms with Gasteiger partial charge in [-0.15, -0.1) is 0 Å². The molecule has 2 heterocycles. The first-order valence-electron chi connectivity index (χ1n) is 29.6. The van der Waals surface area contributed by atoms with Crippen LogP contribution in [0.2, 0.25) is 0 Å². The maximum absolute atomic E-state index is 14.8. The predicted molar refractivity (Wildman–Crippen MR) is 312 cm³/mol. The number of esters is 3. The molecule has 8 N–H and O–H groups in total. The molecule has 510 valence electrons. The van der Waals surface area contributed by atoms with Crippen LogP contribution in [0.5, 0.6) is 0 Å². The third kappa shape index (κ3) is 29.2. The smallest absolute Gasteiger partial charge is 0.408 e. The average Bonchev–Trinajstić information content (AvgIpc) is 0.910. The van der Waals surface area contributed by atoms with Gasteiger partial charge in [-0.1, -0.05) is 0 Å². The van der Waals surface area contributed by atoms with E-state index in [4.69, 9.17) is 61.6 Å². The summed E-state index contributed by atoms with van der Waals surface area (Å²) in [6.07, 6.45) is -21.5. The average molecular weight is 1280 g/mol. The van der Waals surface area contributed by atoms with E-state index in [1.807, 2.05) is 0 Å². The van der Waals surface area contributed by atoms with Crippen LogP contribution in [0.3, 0.4) is 0 Å². The van der Waals surface area contributed by atoms with Crippen LogP contribution in [-0.4, -0.2) is 204 Å². The largest absolute Gasteiger partial charge is 0.463 e. The number of amides is 7. The van der Waals surface area contributed by atoms with Crippen molar-refractivity contribution < 1.29 is 115 Å². The van der Waals surface area contributed by atoms with Gasteiger partial charge >= 0.3 is 54.5 Å². The van der Waals surface area contributed by atoms with Gasteiger partial charge in [0.15, 0.2) is 24.8 Å². The molecule has 2 aliphatic heterocycles. The number of ether oxygens (including phenoxy) is 13. The molecule has 14 atom stereocenters. The van der Waals surface area contributed by atoms with E-state index in [1.54, 1.807) is 125 Å². The first kappa shape index (κ1) is 76.5. The van der Waals surface area contributed by atoms with Crippen molar-refractivity contribution in [1.29, 1.82) is 0 Å². The van der Waals surface area contributed by atoms with Gasteiger partial charge in [-0.05, 0) is 144 Å². The van der Waals surface area contributed by atoms with Crippen LogP contribution in [0.4, 0.5) is 28.8 Å². The first-order valence-corrected chi connectivity index (χ1v) is 29.6. The molecule has 0 aromatic heterocycles. The topological polar surface area (TPSA) is 395 Å². The molecule has 0 bridgehead atoms. The number of carbonyl (C=O) groups excluding carboxylic acids is 10. The van der Waals surface area contributed by atoms with Gasteiger partial charge < -0.3 is 104 Å². The molecule has 3 fully saturated rings. The number of alkyl carbamates (subject to hydrolysis) is 6. The van der Waals surface area contributed by atoms with Crippen molar-refractivity contribution in [3.05, 3.63) is 0 Å². The maximum atomic E-state index is 14.8. The molecule has 0 aromatic rings.